The van der Waals surface area contributed by atoms with Crippen molar-refractivity contribution in [2.45, 2.75) is 38.3 Å². The van der Waals surface area contributed by atoms with Crippen molar-refractivity contribution in [1.29, 1.82) is 0 Å². The molecule has 0 amide bonds. The second kappa shape index (κ2) is 5.50. The van der Waals surface area contributed by atoms with Crippen molar-refractivity contribution >= 4 is 5.97 Å². The van der Waals surface area contributed by atoms with Crippen LogP contribution in [0.5, 0.6) is 0 Å². The highest BCUT2D eigenvalue weighted by atomic mass is 16.6. The van der Waals surface area contributed by atoms with Crippen LogP contribution in [0.4, 0.5) is 0 Å². The van der Waals surface area contributed by atoms with E-state index in [-0.39, 0.29) is 6.42 Å². The molecular formula is C14H21NO3. The Morgan fingerprint density at radius 2 is 1.83 bits per heavy atom. The molecule has 1 rings (SSSR count). The molecule has 3 N–H and O–H groups in total. The van der Waals surface area contributed by atoms with Gasteiger partial charge >= 0.3 is 5.97 Å². The molecular weight excluding hydrogens is 230 g/mol. The van der Waals surface area contributed by atoms with Crippen LogP contribution in [-0.4, -0.2) is 28.8 Å². The molecule has 0 spiro atoms. The zero-order valence-electron chi connectivity index (χ0n) is 11.1. The number of ether oxygens (including phenoxy) is 1. The minimum Gasteiger partial charge on any atom is -0.459 e. The third kappa shape index (κ3) is 4.13. The molecule has 0 aromatic heterocycles. The first-order valence-corrected chi connectivity index (χ1v) is 5.94. The topological polar surface area (TPSA) is 72.5 Å². The zero-order chi connectivity index (χ0) is 13.8. The summed E-state index contributed by atoms with van der Waals surface area (Å²) in [7, 11) is 0. The van der Waals surface area contributed by atoms with E-state index < -0.39 is 23.7 Å². The predicted octanol–water partition coefficient (Wildman–Crippen LogP) is 1.26. The average molecular weight is 251 g/mol. The number of benzene rings is 1. The fraction of sp³-hybridized carbons (Fsp3) is 0.500. The van der Waals surface area contributed by atoms with Crippen LogP contribution in [0.3, 0.4) is 0 Å². The second-order valence-corrected chi connectivity index (χ2v) is 5.48. The van der Waals surface area contributed by atoms with E-state index in [0.717, 1.165) is 5.56 Å². The number of aliphatic hydroxyl groups excluding tert-OH is 1. The van der Waals surface area contributed by atoms with Crippen molar-refractivity contribution in [1.82, 2.24) is 0 Å². The number of carbonyl (C=O) groups is 1. The molecule has 1 aromatic rings. The van der Waals surface area contributed by atoms with E-state index in [4.69, 9.17) is 10.5 Å². The molecule has 0 aliphatic rings. The van der Waals surface area contributed by atoms with Crippen LogP contribution < -0.4 is 5.73 Å². The van der Waals surface area contributed by atoms with Gasteiger partial charge in [0.1, 0.15) is 11.1 Å². The Morgan fingerprint density at radius 1 is 1.28 bits per heavy atom. The third-order valence-corrected chi connectivity index (χ3v) is 2.45. The minimum absolute atomic E-state index is 0.249. The van der Waals surface area contributed by atoms with Gasteiger partial charge in [-0.15, -0.1) is 0 Å². The number of hydrogen-bond acceptors (Lipinski definition) is 4. The Bertz CT molecular complexity index is 397. The smallest absolute Gasteiger partial charge is 0.329 e. The Kier molecular flexibility index (Phi) is 4.48. The third-order valence-electron chi connectivity index (χ3n) is 2.45. The second-order valence-electron chi connectivity index (χ2n) is 5.48. The molecule has 1 aromatic carbocycles. The van der Waals surface area contributed by atoms with Gasteiger partial charge in [-0.25, -0.2) is 4.79 Å². The number of esters is 1. The largest absolute Gasteiger partial charge is 0.459 e. The van der Waals surface area contributed by atoms with E-state index >= 15 is 0 Å². The summed E-state index contributed by atoms with van der Waals surface area (Å²) in [6, 6.07) is 9.34. The monoisotopic (exact) mass is 251 g/mol. The molecule has 0 fully saturated rings. The summed E-state index contributed by atoms with van der Waals surface area (Å²) in [5.74, 6) is -0.582. The van der Waals surface area contributed by atoms with Gasteiger partial charge in [0.05, 0.1) is 6.61 Å². The maximum Gasteiger partial charge on any atom is 0.329 e. The van der Waals surface area contributed by atoms with Crippen LogP contribution in [0.1, 0.15) is 26.3 Å². The highest BCUT2D eigenvalue weighted by molar-refractivity contribution is 5.81. The van der Waals surface area contributed by atoms with Crippen molar-refractivity contribution in [2.75, 3.05) is 6.61 Å². The molecule has 0 bridgehead atoms. The molecule has 0 aliphatic heterocycles. The lowest BCUT2D eigenvalue weighted by atomic mass is 9.92. The van der Waals surface area contributed by atoms with Crippen LogP contribution in [0.2, 0.25) is 0 Å². The van der Waals surface area contributed by atoms with E-state index in [9.17, 15) is 9.90 Å². The number of carbonyl (C=O) groups excluding carboxylic acids is 1. The summed E-state index contributed by atoms with van der Waals surface area (Å²) < 4.78 is 5.24. The SMILES string of the molecule is CC(C)(C)OC(=O)[C@@](N)(CO)Cc1ccccc1. The molecule has 0 unspecified atom stereocenters. The zero-order valence-corrected chi connectivity index (χ0v) is 11.1. The molecule has 0 radical (unpaired) electrons. The number of aliphatic hydroxyl groups is 1. The van der Waals surface area contributed by atoms with Gasteiger partial charge in [-0.2, -0.15) is 0 Å². The van der Waals surface area contributed by atoms with Gasteiger partial charge in [0.2, 0.25) is 0 Å². The van der Waals surface area contributed by atoms with Gasteiger partial charge < -0.3 is 15.6 Å². The van der Waals surface area contributed by atoms with E-state index in [1.165, 1.54) is 0 Å². The van der Waals surface area contributed by atoms with Gasteiger partial charge in [0.25, 0.3) is 0 Å². The average Bonchev–Trinajstić information content (AvgIpc) is 2.28. The molecule has 0 saturated carbocycles. The quantitative estimate of drug-likeness (QED) is 0.790. The first-order chi connectivity index (χ1) is 8.27. The lowest BCUT2D eigenvalue weighted by molar-refractivity contribution is -0.163. The van der Waals surface area contributed by atoms with Gasteiger partial charge in [-0.3, -0.25) is 0 Å². The molecule has 4 heteroatoms. The Balaban J connectivity index is 2.82. The summed E-state index contributed by atoms with van der Waals surface area (Å²) in [5.41, 5.74) is 4.83. The van der Waals surface area contributed by atoms with Crippen molar-refractivity contribution in [2.24, 2.45) is 5.73 Å². The summed E-state index contributed by atoms with van der Waals surface area (Å²) in [5, 5.41) is 9.39. The maximum absolute atomic E-state index is 12.0. The minimum atomic E-state index is -1.39. The highest BCUT2D eigenvalue weighted by Crippen LogP contribution is 2.17. The molecule has 18 heavy (non-hydrogen) atoms. The van der Waals surface area contributed by atoms with Crippen molar-refractivity contribution in [3.05, 3.63) is 35.9 Å². The van der Waals surface area contributed by atoms with Gasteiger partial charge in [-0.05, 0) is 26.3 Å². The van der Waals surface area contributed by atoms with Crippen LogP contribution in [0.25, 0.3) is 0 Å². The summed E-state index contributed by atoms with van der Waals surface area (Å²) in [6.07, 6.45) is 0.249. The first-order valence-electron chi connectivity index (χ1n) is 5.94. The lowest BCUT2D eigenvalue weighted by Gasteiger charge is -2.29. The fourth-order valence-electron chi connectivity index (χ4n) is 1.53. The molecule has 100 valence electrons. The molecule has 0 aliphatic carbocycles. The van der Waals surface area contributed by atoms with Gasteiger partial charge in [0.15, 0.2) is 0 Å². The van der Waals surface area contributed by atoms with Crippen LogP contribution in [0, 0.1) is 0 Å². The Hall–Kier alpha value is -1.39. The summed E-state index contributed by atoms with van der Waals surface area (Å²) >= 11 is 0. The summed E-state index contributed by atoms with van der Waals surface area (Å²) in [6.45, 7) is 4.86. The first kappa shape index (κ1) is 14.7. The Labute approximate surface area is 108 Å². The van der Waals surface area contributed by atoms with Gasteiger partial charge in [0, 0.05) is 6.42 Å². The number of hydrogen-bond donors (Lipinski definition) is 2. The summed E-state index contributed by atoms with van der Waals surface area (Å²) in [4.78, 5) is 12.0. The molecule has 4 nitrogen and oxygen atoms in total. The lowest BCUT2D eigenvalue weighted by Crippen LogP contribution is -2.55. The van der Waals surface area contributed by atoms with Crippen molar-refractivity contribution in [3.63, 3.8) is 0 Å². The van der Waals surface area contributed by atoms with Crippen LogP contribution in [-0.2, 0) is 16.0 Å². The van der Waals surface area contributed by atoms with E-state index in [2.05, 4.69) is 0 Å². The van der Waals surface area contributed by atoms with Crippen LogP contribution >= 0.6 is 0 Å². The van der Waals surface area contributed by atoms with Crippen LogP contribution in [0.15, 0.2) is 30.3 Å². The number of nitrogens with two attached hydrogens (primary N) is 1. The van der Waals surface area contributed by atoms with Crippen molar-refractivity contribution in [3.8, 4) is 0 Å². The van der Waals surface area contributed by atoms with Crippen molar-refractivity contribution < 1.29 is 14.6 Å². The van der Waals surface area contributed by atoms with E-state index in [0.29, 0.717) is 0 Å². The Morgan fingerprint density at radius 3 is 2.28 bits per heavy atom. The highest BCUT2D eigenvalue weighted by Gasteiger charge is 2.37. The maximum atomic E-state index is 12.0. The van der Waals surface area contributed by atoms with Gasteiger partial charge in [-0.1, -0.05) is 30.3 Å². The number of rotatable bonds is 4. The molecule has 0 saturated heterocycles. The van der Waals surface area contributed by atoms with E-state index in [1.807, 2.05) is 30.3 Å². The molecule has 1 atom stereocenters. The fourth-order valence-corrected chi connectivity index (χ4v) is 1.53. The standard InChI is InChI=1S/C14H21NO3/c1-13(2,3)18-12(17)14(15,10-16)9-11-7-5-4-6-8-11/h4-8,16H,9-10,15H2,1-3H3/t14-/m0/s1. The molecule has 0 heterocycles. The normalized spacial score (nSPS) is 14.9. The predicted molar refractivity (Wildman–Crippen MR) is 70.0 cm³/mol. The van der Waals surface area contributed by atoms with E-state index in [1.54, 1.807) is 20.8 Å².